The van der Waals surface area contributed by atoms with Crippen LogP contribution in [0.2, 0.25) is 0 Å². The average Bonchev–Trinajstić information content (AvgIpc) is 3.36. The molecule has 0 spiro atoms. The van der Waals surface area contributed by atoms with Gasteiger partial charge in [-0.3, -0.25) is 5.32 Å². The Labute approximate surface area is 148 Å². The molecule has 2 aromatic heterocycles. The molecule has 4 nitrogen and oxygen atoms in total. The summed E-state index contributed by atoms with van der Waals surface area (Å²) < 4.78 is 0. The van der Waals surface area contributed by atoms with Crippen LogP contribution in [-0.2, 0) is 0 Å². The number of anilines is 1. The van der Waals surface area contributed by atoms with E-state index >= 15 is 0 Å². The third-order valence-corrected chi connectivity index (χ3v) is 5.90. The lowest BCUT2D eigenvalue weighted by Gasteiger charge is -2.23. The average molecular weight is 355 g/mol. The highest BCUT2D eigenvalue weighted by Crippen LogP contribution is 2.35. The van der Waals surface area contributed by atoms with E-state index in [1.54, 1.807) is 11.3 Å². The maximum Gasteiger partial charge on any atom is 0.324 e. The molecule has 6 heteroatoms. The molecule has 1 aliphatic heterocycles. The van der Waals surface area contributed by atoms with Crippen molar-refractivity contribution < 1.29 is 4.79 Å². The van der Waals surface area contributed by atoms with E-state index in [1.165, 1.54) is 16.2 Å². The van der Waals surface area contributed by atoms with E-state index in [1.807, 2.05) is 46.7 Å². The van der Waals surface area contributed by atoms with Crippen molar-refractivity contribution >= 4 is 33.8 Å². The topological polar surface area (TPSA) is 45.2 Å². The normalized spacial score (nSPS) is 17.2. The Morgan fingerprint density at radius 3 is 2.83 bits per heavy atom. The smallest absolute Gasteiger partial charge is 0.317 e. The Kier molecular flexibility index (Phi) is 4.32. The van der Waals surface area contributed by atoms with Crippen LogP contribution in [0.4, 0.5) is 9.93 Å². The first kappa shape index (κ1) is 15.4. The van der Waals surface area contributed by atoms with Gasteiger partial charge in [-0.2, -0.15) is 0 Å². The first-order valence-corrected chi connectivity index (χ1v) is 9.69. The molecule has 24 heavy (non-hydrogen) atoms. The molecular formula is C18H17N3OS2. The van der Waals surface area contributed by atoms with Gasteiger partial charge in [0.05, 0.1) is 11.7 Å². The molecule has 1 aliphatic rings. The summed E-state index contributed by atoms with van der Waals surface area (Å²) in [4.78, 5) is 20.4. The molecule has 0 bridgehead atoms. The van der Waals surface area contributed by atoms with Crippen molar-refractivity contribution in [2.45, 2.75) is 18.9 Å². The zero-order valence-electron chi connectivity index (χ0n) is 13.0. The Morgan fingerprint density at radius 1 is 1.17 bits per heavy atom. The monoisotopic (exact) mass is 355 g/mol. The molecule has 1 saturated heterocycles. The van der Waals surface area contributed by atoms with Gasteiger partial charge in [0, 0.05) is 22.4 Å². The van der Waals surface area contributed by atoms with Crippen molar-refractivity contribution in [3.63, 3.8) is 0 Å². The van der Waals surface area contributed by atoms with Gasteiger partial charge in [0.25, 0.3) is 0 Å². The van der Waals surface area contributed by atoms with Crippen LogP contribution in [0.3, 0.4) is 0 Å². The molecule has 0 saturated carbocycles. The van der Waals surface area contributed by atoms with E-state index in [2.05, 4.69) is 21.7 Å². The van der Waals surface area contributed by atoms with Gasteiger partial charge in [-0.05, 0) is 24.3 Å². The summed E-state index contributed by atoms with van der Waals surface area (Å²) in [7, 11) is 0. The quantitative estimate of drug-likeness (QED) is 0.698. The molecule has 1 N–H and O–H groups in total. The lowest BCUT2D eigenvalue weighted by Crippen LogP contribution is -2.34. The van der Waals surface area contributed by atoms with Crippen LogP contribution in [0.1, 0.15) is 23.8 Å². The summed E-state index contributed by atoms with van der Waals surface area (Å²) in [5.41, 5.74) is 1.96. The number of rotatable bonds is 3. The van der Waals surface area contributed by atoms with E-state index in [0.29, 0.717) is 5.13 Å². The first-order chi connectivity index (χ1) is 11.8. The molecule has 0 radical (unpaired) electrons. The van der Waals surface area contributed by atoms with Crippen molar-refractivity contribution in [2.75, 3.05) is 11.9 Å². The van der Waals surface area contributed by atoms with E-state index < -0.39 is 0 Å². The first-order valence-electron chi connectivity index (χ1n) is 7.93. The summed E-state index contributed by atoms with van der Waals surface area (Å²) in [5.74, 6) is 0. The predicted molar refractivity (Wildman–Crippen MR) is 99.6 cm³/mol. The summed E-state index contributed by atoms with van der Waals surface area (Å²) in [6.45, 7) is 0.797. The van der Waals surface area contributed by atoms with Gasteiger partial charge in [0.1, 0.15) is 0 Å². The number of likely N-dealkylation sites (tertiary alicyclic amines) is 1. The van der Waals surface area contributed by atoms with Crippen molar-refractivity contribution in [1.29, 1.82) is 0 Å². The van der Waals surface area contributed by atoms with Gasteiger partial charge in [0.15, 0.2) is 5.13 Å². The van der Waals surface area contributed by atoms with Crippen LogP contribution in [0.15, 0.2) is 53.2 Å². The molecule has 1 atom stereocenters. The lowest BCUT2D eigenvalue weighted by atomic mass is 10.2. The fourth-order valence-corrected chi connectivity index (χ4v) is 4.61. The Hall–Kier alpha value is -2.18. The minimum Gasteiger partial charge on any atom is -0.317 e. The number of nitrogens with zero attached hydrogens (tertiary/aromatic N) is 2. The Balaban J connectivity index is 1.47. The molecule has 0 aliphatic carbocycles. The second-order valence-electron chi connectivity index (χ2n) is 5.70. The number of amides is 2. The largest absolute Gasteiger partial charge is 0.324 e. The highest BCUT2D eigenvalue weighted by atomic mass is 32.1. The Morgan fingerprint density at radius 2 is 2.04 bits per heavy atom. The summed E-state index contributed by atoms with van der Waals surface area (Å²) in [5, 5.41) is 7.66. The highest BCUT2D eigenvalue weighted by Gasteiger charge is 2.30. The molecule has 122 valence electrons. The number of benzene rings is 1. The molecule has 4 rings (SSSR count). The molecule has 1 aromatic carbocycles. The summed E-state index contributed by atoms with van der Waals surface area (Å²) >= 11 is 3.18. The van der Waals surface area contributed by atoms with Crippen LogP contribution < -0.4 is 5.32 Å². The molecule has 2 amide bonds. The van der Waals surface area contributed by atoms with Gasteiger partial charge < -0.3 is 4.90 Å². The maximum atomic E-state index is 12.7. The van der Waals surface area contributed by atoms with Gasteiger partial charge in [-0.15, -0.1) is 22.7 Å². The van der Waals surface area contributed by atoms with Gasteiger partial charge in [-0.1, -0.05) is 36.4 Å². The number of carbonyl (C=O) groups excluding carboxylic acids is 1. The van der Waals surface area contributed by atoms with Crippen molar-refractivity contribution in [3.8, 4) is 11.3 Å². The minimum absolute atomic E-state index is 0.0557. The SMILES string of the molecule is O=C(Nc1nc(-c2ccccc2)cs1)N1CCCC1c1cccs1. The number of thiophene rings is 1. The highest BCUT2D eigenvalue weighted by molar-refractivity contribution is 7.14. The number of urea groups is 1. The van der Waals surface area contributed by atoms with Crippen molar-refractivity contribution in [3.05, 3.63) is 58.1 Å². The third-order valence-electron chi connectivity index (χ3n) is 4.17. The van der Waals surface area contributed by atoms with Crippen molar-refractivity contribution in [1.82, 2.24) is 9.88 Å². The zero-order chi connectivity index (χ0) is 16.4. The van der Waals surface area contributed by atoms with E-state index in [-0.39, 0.29) is 12.1 Å². The van der Waals surface area contributed by atoms with Gasteiger partial charge in [-0.25, -0.2) is 9.78 Å². The second-order valence-corrected chi connectivity index (χ2v) is 7.54. The number of nitrogens with one attached hydrogen (secondary N) is 1. The van der Waals surface area contributed by atoms with Crippen LogP contribution in [0, 0.1) is 0 Å². The molecular weight excluding hydrogens is 338 g/mol. The summed E-state index contributed by atoms with van der Waals surface area (Å²) in [6, 6.07) is 14.3. The van der Waals surface area contributed by atoms with E-state index in [4.69, 9.17) is 0 Å². The van der Waals surface area contributed by atoms with Crippen LogP contribution in [0.25, 0.3) is 11.3 Å². The standard InChI is InChI=1S/C18H17N3OS2/c22-18(21-10-4-8-15(21)16-9-5-11-23-16)20-17-19-14(12-24-17)13-6-2-1-3-7-13/h1-3,5-7,9,11-12,15H,4,8,10H2,(H,19,20,22). The lowest BCUT2D eigenvalue weighted by molar-refractivity contribution is 0.208. The van der Waals surface area contributed by atoms with Crippen LogP contribution in [-0.4, -0.2) is 22.5 Å². The van der Waals surface area contributed by atoms with Gasteiger partial charge >= 0.3 is 6.03 Å². The maximum absolute atomic E-state index is 12.7. The minimum atomic E-state index is -0.0557. The van der Waals surface area contributed by atoms with Crippen LogP contribution >= 0.6 is 22.7 Å². The second kappa shape index (κ2) is 6.75. The number of hydrogen-bond donors (Lipinski definition) is 1. The fraction of sp³-hybridized carbons (Fsp3) is 0.222. The predicted octanol–water partition coefficient (Wildman–Crippen LogP) is 5.24. The third kappa shape index (κ3) is 3.07. The van der Waals surface area contributed by atoms with E-state index in [9.17, 15) is 4.79 Å². The molecule has 3 aromatic rings. The molecule has 1 fully saturated rings. The summed E-state index contributed by atoms with van der Waals surface area (Å²) in [6.07, 6.45) is 2.07. The number of thiazole rings is 1. The zero-order valence-corrected chi connectivity index (χ0v) is 14.6. The molecule has 1 unspecified atom stereocenters. The fourth-order valence-electron chi connectivity index (χ4n) is 3.02. The van der Waals surface area contributed by atoms with Crippen molar-refractivity contribution in [2.24, 2.45) is 0 Å². The number of carbonyl (C=O) groups is 1. The Bertz CT molecular complexity index is 814. The van der Waals surface area contributed by atoms with Crippen LogP contribution in [0.5, 0.6) is 0 Å². The van der Waals surface area contributed by atoms with E-state index in [0.717, 1.165) is 30.6 Å². The molecule has 3 heterocycles. The number of aromatic nitrogens is 1. The number of hydrogen-bond acceptors (Lipinski definition) is 4. The van der Waals surface area contributed by atoms with Gasteiger partial charge in [0.2, 0.25) is 0 Å².